The van der Waals surface area contributed by atoms with Crippen molar-refractivity contribution in [3.05, 3.63) is 46.7 Å². The monoisotopic (exact) mass is 456 g/mol. The minimum absolute atomic E-state index is 0.0299. The van der Waals surface area contributed by atoms with E-state index in [1.807, 2.05) is 49.9 Å². The Hall–Kier alpha value is -2.87. The number of hydrogen-bond acceptors (Lipinski definition) is 5. The van der Waals surface area contributed by atoms with Crippen LogP contribution in [0.3, 0.4) is 0 Å². The number of nitrogens with zero attached hydrogens (tertiary/aromatic N) is 3. The van der Waals surface area contributed by atoms with Crippen molar-refractivity contribution in [3.63, 3.8) is 0 Å². The van der Waals surface area contributed by atoms with E-state index in [0.29, 0.717) is 30.9 Å². The zero-order chi connectivity index (χ0) is 24.1. The first-order valence-corrected chi connectivity index (χ1v) is 11.8. The van der Waals surface area contributed by atoms with Gasteiger partial charge in [0, 0.05) is 51.4 Å². The van der Waals surface area contributed by atoms with Crippen LogP contribution in [0.2, 0.25) is 0 Å². The summed E-state index contributed by atoms with van der Waals surface area (Å²) in [6, 6.07) is 6.92. The van der Waals surface area contributed by atoms with Crippen LogP contribution in [0.1, 0.15) is 44.4 Å². The van der Waals surface area contributed by atoms with E-state index in [1.54, 1.807) is 14.0 Å². The quantitative estimate of drug-likeness (QED) is 0.666. The minimum Gasteiger partial charge on any atom is -0.463 e. The van der Waals surface area contributed by atoms with E-state index in [0.717, 1.165) is 30.6 Å². The summed E-state index contributed by atoms with van der Waals surface area (Å²) in [5, 5.41) is 2.98. The van der Waals surface area contributed by atoms with Crippen LogP contribution in [0.25, 0.3) is 0 Å². The fourth-order valence-corrected chi connectivity index (χ4v) is 4.47. The van der Waals surface area contributed by atoms with E-state index >= 15 is 0 Å². The Morgan fingerprint density at radius 1 is 1.15 bits per heavy atom. The van der Waals surface area contributed by atoms with Crippen molar-refractivity contribution in [2.45, 2.75) is 40.2 Å². The molecule has 1 saturated heterocycles. The Balaban J connectivity index is 1.95. The molecule has 0 bridgehead atoms. The second-order valence-corrected chi connectivity index (χ2v) is 8.99. The fraction of sp³-hybridized carbons (Fsp3) is 0.560. The fourth-order valence-electron chi connectivity index (χ4n) is 4.47. The van der Waals surface area contributed by atoms with Gasteiger partial charge in [-0.25, -0.2) is 9.59 Å². The number of esters is 1. The second kappa shape index (κ2) is 10.8. The highest BCUT2D eigenvalue weighted by Gasteiger charge is 2.38. The summed E-state index contributed by atoms with van der Waals surface area (Å²) in [4.78, 5) is 44.2. The molecule has 8 heteroatoms. The predicted octanol–water partition coefficient (Wildman–Crippen LogP) is 2.70. The topological polar surface area (TPSA) is 82.2 Å². The summed E-state index contributed by atoms with van der Waals surface area (Å²) >= 11 is 0. The van der Waals surface area contributed by atoms with Crippen LogP contribution >= 0.6 is 0 Å². The predicted molar refractivity (Wildman–Crippen MR) is 126 cm³/mol. The van der Waals surface area contributed by atoms with Crippen LogP contribution in [-0.2, 0) is 14.3 Å². The molecule has 0 aromatic heterocycles. The van der Waals surface area contributed by atoms with Gasteiger partial charge >= 0.3 is 12.0 Å². The third kappa shape index (κ3) is 5.55. The molecule has 3 rings (SSSR count). The lowest BCUT2D eigenvalue weighted by atomic mass is 9.91. The van der Waals surface area contributed by atoms with Crippen LogP contribution in [0.4, 0.5) is 4.79 Å². The number of likely N-dealkylation sites (N-methyl/N-ethyl adjacent to an activating group) is 1. The lowest BCUT2D eigenvalue weighted by Crippen LogP contribution is -2.49. The average Bonchev–Trinajstić information content (AvgIpc) is 3.02. The molecule has 180 valence electrons. The summed E-state index contributed by atoms with van der Waals surface area (Å²) in [6.45, 7) is 11.1. The molecule has 1 aromatic carbocycles. The van der Waals surface area contributed by atoms with Gasteiger partial charge in [-0.1, -0.05) is 38.1 Å². The molecule has 3 amide bonds. The van der Waals surface area contributed by atoms with E-state index in [2.05, 4.69) is 10.2 Å². The minimum atomic E-state index is -0.574. The number of amides is 3. The molecular formula is C25H36N4O4. The molecule has 2 aliphatic heterocycles. The lowest BCUT2D eigenvalue weighted by Gasteiger charge is -2.37. The van der Waals surface area contributed by atoms with Crippen molar-refractivity contribution in [3.8, 4) is 0 Å². The molecule has 1 aromatic rings. The summed E-state index contributed by atoms with van der Waals surface area (Å²) in [5.41, 5.74) is 2.98. The van der Waals surface area contributed by atoms with Crippen LogP contribution in [-0.4, -0.2) is 79.0 Å². The maximum absolute atomic E-state index is 13.2. The van der Waals surface area contributed by atoms with E-state index in [-0.39, 0.29) is 24.5 Å². The molecule has 0 radical (unpaired) electrons. The highest BCUT2D eigenvalue weighted by atomic mass is 16.5. The first-order chi connectivity index (χ1) is 15.7. The lowest BCUT2D eigenvalue weighted by molar-refractivity contribution is -0.139. The molecule has 2 heterocycles. The Morgan fingerprint density at radius 2 is 1.88 bits per heavy atom. The Morgan fingerprint density at radius 3 is 2.55 bits per heavy atom. The molecule has 0 spiro atoms. The molecule has 0 saturated carbocycles. The number of carbonyl (C=O) groups is 3. The van der Waals surface area contributed by atoms with Crippen LogP contribution in [0.15, 0.2) is 35.5 Å². The third-order valence-electron chi connectivity index (χ3n) is 6.34. The first-order valence-electron chi connectivity index (χ1n) is 11.8. The summed E-state index contributed by atoms with van der Waals surface area (Å²) in [6.07, 6.45) is 0.845. The van der Waals surface area contributed by atoms with Crippen LogP contribution in [0, 0.1) is 12.8 Å². The number of rotatable bonds is 6. The van der Waals surface area contributed by atoms with Crippen molar-refractivity contribution in [2.24, 2.45) is 5.92 Å². The van der Waals surface area contributed by atoms with Gasteiger partial charge in [0.05, 0.1) is 18.2 Å². The molecule has 8 nitrogen and oxygen atoms in total. The normalized spacial score (nSPS) is 20.1. The Labute approximate surface area is 196 Å². The number of carbonyl (C=O) groups excluding carboxylic acids is 3. The summed E-state index contributed by atoms with van der Waals surface area (Å²) < 4.78 is 5.43. The molecule has 1 N–H and O–H groups in total. The van der Waals surface area contributed by atoms with E-state index in [4.69, 9.17) is 4.74 Å². The number of hydrogen-bond donors (Lipinski definition) is 1. The van der Waals surface area contributed by atoms with Gasteiger partial charge in [-0.2, -0.15) is 0 Å². The zero-order valence-electron chi connectivity index (χ0n) is 20.4. The number of aryl methyl sites for hydroxylation is 1. The molecule has 1 fully saturated rings. The van der Waals surface area contributed by atoms with Gasteiger partial charge in [0.1, 0.15) is 0 Å². The number of benzene rings is 1. The molecule has 1 atom stereocenters. The highest BCUT2D eigenvalue weighted by Crippen LogP contribution is 2.33. The van der Waals surface area contributed by atoms with Crippen molar-refractivity contribution in [2.75, 3.05) is 46.4 Å². The van der Waals surface area contributed by atoms with Crippen molar-refractivity contribution >= 4 is 17.9 Å². The Bertz CT molecular complexity index is 927. The van der Waals surface area contributed by atoms with E-state index < -0.39 is 12.0 Å². The largest absolute Gasteiger partial charge is 0.463 e. The van der Waals surface area contributed by atoms with Gasteiger partial charge in [0.15, 0.2) is 0 Å². The molecule has 0 aliphatic carbocycles. The van der Waals surface area contributed by atoms with Gasteiger partial charge in [-0.3, -0.25) is 14.6 Å². The van der Waals surface area contributed by atoms with Crippen LogP contribution < -0.4 is 5.32 Å². The van der Waals surface area contributed by atoms with Gasteiger partial charge in [0.25, 0.3) is 0 Å². The number of ether oxygens (including phenoxy) is 1. The zero-order valence-corrected chi connectivity index (χ0v) is 20.4. The van der Waals surface area contributed by atoms with E-state index in [1.165, 1.54) is 4.90 Å². The van der Waals surface area contributed by atoms with Crippen molar-refractivity contribution < 1.29 is 19.1 Å². The van der Waals surface area contributed by atoms with Gasteiger partial charge < -0.3 is 15.0 Å². The van der Waals surface area contributed by atoms with Gasteiger partial charge in [0.2, 0.25) is 5.91 Å². The molecule has 33 heavy (non-hydrogen) atoms. The SMILES string of the molecule is CCOC(=O)C1=C(CN2CCCN(C(=O)C(C)C)CC2)N(C)C(=O)N[C@@H]1c1ccccc1C. The molecule has 2 aliphatic rings. The number of nitrogens with one attached hydrogen (secondary N) is 1. The Kier molecular flexibility index (Phi) is 8.13. The maximum atomic E-state index is 13.2. The molecule has 0 unspecified atom stereocenters. The van der Waals surface area contributed by atoms with Crippen LogP contribution in [0.5, 0.6) is 0 Å². The molecular weight excluding hydrogens is 420 g/mol. The third-order valence-corrected chi connectivity index (χ3v) is 6.34. The first kappa shape index (κ1) is 24.8. The van der Waals surface area contributed by atoms with Crippen molar-refractivity contribution in [1.82, 2.24) is 20.0 Å². The second-order valence-electron chi connectivity index (χ2n) is 8.99. The van der Waals surface area contributed by atoms with E-state index in [9.17, 15) is 14.4 Å². The van der Waals surface area contributed by atoms with Crippen molar-refractivity contribution in [1.29, 1.82) is 0 Å². The summed E-state index contributed by atoms with van der Waals surface area (Å²) in [5.74, 6) is -0.284. The standard InChI is InChI=1S/C25H36N4O4/c1-6-33-24(31)21-20(16-28-12-9-13-29(15-14-28)23(30)17(2)3)27(5)25(32)26-22(21)19-11-8-7-10-18(19)4/h7-8,10-11,17,22H,6,9,12-16H2,1-5H3,(H,26,32)/t22-/m1/s1. The highest BCUT2D eigenvalue weighted by molar-refractivity contribution is 5.95. The maximum Gasteiger partial charge on any atom is 0.338 e. The van der Waals surface area contributed by atoms with Gasteiger partial charge in [-0.15, -0.1) is 0 Å². The number of urea groups is 1. The van der Waals surface area contributed by atoms with Gasteiger partial charge in [-0.05, 0) is 31.4 Å². The smallest absolute Gasteiger partial charge is 0.338 e. The average molecular weight is 457 g/mol. The summed E-state index contributed by atoms with van der Waals surface area (Å²) in [7, 11) is 1.68.